The summed E-state index contributed by atoms with van der Waals surface area (Å²) in [5, 5.41) is 34.8. The number of amides is 1. The van der Waals surface area contributed by atoms with Gasteiger partial charge in [0.25, 0.3) is 0 Å². The third-order valence-electron chi connectivity index (χ3n) is 9.30. The standard InChI is InChI=1S/C37H46ClN5O9S2/c1-23(35(46)43-17-5-8-31(43)36(47)48)40-29(37(49)52-22-27(45)21-44)15-13-25-9-11-26(12-10-25)20-39-54(50,51)33-19-32-30(18-28(33)38)41-34(42-53-32)16-14-24-6-3-2-4-7-24/h2-4,6-7,9-12,18-19,23,27,29,31,34,39-42,44-45H,5,8,13-17,20-22H2,1H3,(H,47,48)/t23-,27?,29-,31-,34?/m0/s1. The molecular weight excluding hydrogens is 758 g/mol. The molecule has 2 heterocycles. The predicted octanol–water partition coefficient (Wildman–Crippen LogP) is 3.05. The van der Waals surface area contributed by atoms with E-state index in [1.165, 1.54) is 22.4 Å². The summed E-state index contributed by atoms with van der Waals surface area (Å²) in [5.74, 6) is -2.27. The van der Waals surface area contributed by atoms with E-state index in [1.54, 1.807) is 43.3 Å². The van der Waals surface area contributed by atoms with Crippen molar-refractivity contribution in [3.8, 4) is 0 Å². The summed E-state index contributed by atoms with van der Waals surface area (Å²) >= 11 is 7.85. The molecular formula is C37H46ClN5O9S2. The first-order chi connectivity index (χ1) is 25.8. The fraction of sp³-hybridized carbons (Fsp3) is 0.432. The Morgan fingerprint density at radius 1 is 1.06 bits per heavy atom. The van der Waals surface area contributed by atoms with Gasteiger partial charge in [0.2, 0.25) is 15.9 Å². The average Bonchev–Trinajstić information content (AvgIpc) is 3.67. The molecule has 292 valence electrons. The first-order valence-corrected chi connectivity index (χ1v) is 20.4. The Morgan fingerprint density at radius 2 is 1.76 bits per heavy atom. The summed E-state index contributed by atoms with van der Waals surface area (Å²) in [7, 11) is -3.98. The zero-order valence-electron chi connectivity index (χ0n) is 29.7. The third kappa shape index (κ3) is 11.2. The van der Waals surface area contributed by atoms with Crippen LogP contribution in [0.25, 0.3) is 0 Å². The Hall–Kier alpha value is -3.74. The minimum atomic E-state index is -3.98. The number of hydrogen-bond acceptors (Lipinski definition) is 12. The molecule has 1 saturated heterocycles. The molecule has 0 bridgehead atoms. The number of carbonyl (C=O) groups is 3. The third-order valence-corrected chi connectivity index (χ3v) is 12.1. The number of benzene rings is 3. The summed E-state index contributed by atoms with van der Waals surface area (Å²) in [6.45, 7) is 0.808. The number of aryl methyl sites for hydroxylation is 2. The summed E-state index contributed by atoms with van der Waals surface area (Å²) < 4.78 is 37.8. The zero-order chi connectivity index (χ0) is 38.8. The van der Waals surface area contributed by atoms with Crippen LogP contribution in [-0.2, 0) is 48.5 Å². The van der Waals surface area contributed by atoms with E-state index in [-0.39, 0.29) is 29.0 Å². The van der Waals surface area contributed by atoms with E-state index in [9.17, 15) is 33.0 Å². The van der Waals surface area contributed by atoms with Crippen LogP contribution in [0.5, 0.6) is 0 Å². The van der Waals surface area contributed by atoms with E-state index in [4.69, 9.17) is 21.4 Å². The van der Waals surface area contributed by atoms with Crippen LogP contribution in [0.15, 0.2) is 76.5 Å². The van der Waals surface area contributed by atoms with Crippen molar-refractivity contribution in [3.05, 3.63) is 88.4 Å². The van der Waals surface area contributed by atoms with Crippen LogP contribution in [0.3, 0.4) is 0 Å². The Bertz CT molecular complexity index is 1870. The highest BCUT2D eigenvalue weighted by Gasteiger charge is 2.37. The number of rotatable bonds is 18. The maximum Gasteiger partial charge on any atom is 0.326 e. The van der Waals surface area contributed by atoms with Crippen molar-refractivity contribution in [3.63, 3.8) is 0 Å². The van der Waals surface area contributed by atoms with Crippen molar-refractivity contribution in [2.75, 3.05) is 25.1 Å². The summed E-state index contributed by atoms with van der Waals surface area (Å²) in [6.07, 6.45) is 1.87. The summed E-state index contributed by atoms with van der Waals surface area (Å²) in [4.78, 5) is 39.7. The number of aliphatic carboxylic acids is 1. The van der Waals surface area contributed by atoms with Gasteiger partial charge in [0, 0.05) is 18.0 Å². The molecule has 2 unspecified atom stereocenters. The minimum Gasteiger partial charge on any atom is -0.480 e. The second kappa shape index (κ2) is 19.2. The van der Waals surface area contributed by atoms with E-state index in [0.717, 1.165) is 24.1 Å². The number of nitrogens with zero attached hydrogens (tertiary/aromatic N) is 1. The van der Waals surface area contributed by atoms with Gasteiger partial charge in [0.1, 0.15) is 29.7 Å². The van der Waals surface area contributed by atoms with Gasteiger partial charge in [-0.2, -0.15) is 0 Å². The molecule has 2 aliphatic rings. The number of carboxylic acids is 1. The van der Waals surface area contributed by atoms with Crippen molar-refractivity contribution in [1.29, 1.82) is 0 Å². The molecule has 1 fully saturated rings. The zero-order valence-corrected chi connectivity index (χ0v) is 32.1. The van der Waals surface area contributed by atoms with Gasteiger partial charge in [0.05, 0.1) is 29.5 Å². The number of aliphatic hydroxyl groups excluding tert-OH is 2. The van der Waals surface area contributed by atoms with Crippen molar-refractivity contribution < 1.29 is 42.9 Å². The lowest BCUT2D eigenvalue weighted by atomic mass is 10.0. The topological polar surface area (TPSA) is 207 Å². The summed E-state index contributed by atoms with van der Waals surface area (Å²) in [6, 6.07) is 17.6. The lowest BCUT2D eigenvalue weighted by molar-refractivity contribution is -0.152. The molecule has 3 aromatic rings. The average molecular weight is 804 g/mol. The minimum absolute atomic E-state index is 0.00160. The maximum absolute atomic E-state index is 13.3. The van der Waals surface area contributed by atoms with Gasteiger partial charge in [-0.05, 0) is 86.2 Å². The molecule has 5 atom stereocenters. The van der Waals surface area contributed by atoms with Gasteiger partial charge in [-0.25, -0.2) is 22.7 Å². The van der Waals surface area contributed by atoms with Crippen LogP contribution in [-0.4, -0.2) is 96.6 Å². The second-order valence-electron chi connectivity index (χ2n) is 13.3. The second-order valence-corrected chi connectivity index (χ2v) is 16.4. The SMILES string of the molecule is C[C@H](N[C@@H](CCc1ccc(CNS(=O)(=O)c2cc3c(cc2Cl)NC(CCc2ccccc2)NS3)cc1)C(=O)OCC(O)CO)C(=O)N1CCC[C@H]1C(=O)O. The molecule has 3 aromatic carbocycles. The number of carbonyl (C=O) groups excluding carboxylic acids is 2. The monoisotopic (exact) mass is 803 g/mol. The largest absolute Gasteiger partial charge is 0.480 e. The number of halogens is 1. The summed E-state index contributed by atoms with van der Waals surface area (Å²) in [5.41, 5.74) is 3.48. The van der Waals surface area contributed by atoms with E-state index in [1.807, 2.05) is 18.2 Å². The number of fused-ring (bicyclic) bond motifs is 1. The molecule has 0 radical (unpaired) electrons. The predicted molar refractivity (Wildman–Crippen MR) is 204 cm³/mol. The van der Waals surface area contributed by atoms with Crippen molar-refractivity contribution in [2.45, 2.75) is 92.2 Å². The molecule has 0 spiro atoms. The Balaban J connectivity index is 1.16. The van der Waals surface area contributed by atoms with Crippen LogP contribution in [0.4, 0.5) is 5.69 Å². The van der Waals surface area contributed by atoms with Crippen molar-refractivity contribution in [2.24, 2.45) is 0 Å². The molecule has 7 N–H and O–H groups in total. The van der Waals surface area contributed by atoms with Crippen LogP contribution >= 0.6 is 23.5 Å². The lowest BCUT2D eigenvalue weighted by Gasteiger charge is -2.28. The number of ether oxygens (including phenoxy) is 1. The molecule has 0 saturated carbocycles. The Morgan fingerprint density at radius 3 is 2.46 bits per heavy atom. The molecule has 2 aliphatic heterocycles. The van der Waals surface area contributed by atoms with Crippen LogP contribution in [0.2, 0.25) is 5.02 Å². The molecule has 14 nitrogen and oxygen atoms in total. The highest BCUT2D eigenvalue weighted by atomic mass is 35.5. The number of aliphatic hydroxyl groups is 2. The van der Waals surface area contributed by atoms with Crippen LogP contribution in [0.1, 0.15) is 49.3 Å². The quantitative estimate of drug-likeness (QED) is 0.0731. The van der Waals surface area contributed by atoms with Crippen molar-refractivity contribution in [1.82, 2.24) is 19.7 Å². The highest BCUT2D eigenvalue weighted by Crippen LogP contribution is 2.37. The molecule has 0 aliphatic carbocycles. The smallest absolute Gasteiger partial charge is 0.326 e. The Labute approximate surface area is 324 Å². The van der Waals surface area contributed by atoms with Gasteiger partial charge in [0.15, 0.2) is 0 Å². The number of hydrogen-bond donors (Lipinski definition) is 7. The van der Waals surface area contributed by atoms with Crippen LogP contribution in [0, 0.1) is 0 Å². The highest BCUT2D eigenvalue weighted by molar-refractivity contribution is 7.97. The van der Waals surface area contributed by atoms with Gasteiger partial charge in [-0.15, -0.1) is 0 Å². The van der Waals surface area contributed by atoms with Gasteiger partial charge >= 0.3 is 11.9 Å². The normalized spacial score (nSPS) is 18.6. The van der Waals surface area contributed by atoms with Gasteiger partial charge < -0.3 is 30.3 Å². The van der Waals surface area contributed by atoms with Crippen molar-refractivity contribution >= 4 is 57.1 Å². The number of esters is 1. The molecule has 17 heteroatoms. The fourth-order valence-electron chi connectivity index (χ4n) is 6.28. The maximum atomic E-state index is 13.3. The lowest BCUT2D eigenvalue weighted by Crippen LogP contribution is -2.53. The first-order valence-electron chi connectivity index (χ1n) is 17.7. The van der Waals surface area contributed by atoms with Gasteiger partial charge in [-0.1, -0.05) is 66.2 Å². The number of carboxylic acid groups (broad SMARTS) is 1. The van der Waals surface area contributed by atoms with E-state index >= 15 is 0 Å². The number of sulfonamides is 1. The van der Waals surface area contributed by atoms with E-state index in [2.05, 4.69) is 32.2 Å². The fourth-order valence-corrected chi connectivity index (χ4v) is 8.77. The van der Waals surface area contributed by atoms with Gasteiger partial charge in [-0.3, -0.25) is 14.9 Å². The number of likely N-dealkylation sites (tertiary alicyclic amines) is 1. The first kappa shape index (κ1) is 41.4. The van der Waals surface area contributed by atoms with E-state index in [0.29, 0.717) is 36.3 Å². The molecule has 1 amide bonds. The number of anilines is 1. The van der Waals surface area contributed by atoms with Crippen LogP contribution < -0.4 is 20.1 Å². The van der Waals surface area contributed by atoms with E-state index < -0.39 is 65.3 Å². The number of nitrogens with one attached hydrogen (secondary N) is 4. The molecule has 5 rings (SSSR count). The molecule has 54 heavy (non-hydrogen) atoms. The molecule has 0 aromatic heterocycles. The Kier molecular flexibility index (Phi) is 14.7.